The molecule has 1 saturated heterocycles. The molecule has 2 aliphatic heterocycles. The number of rotatable bonds is 1. The Hall–Kier alpha value is -2.59. The summed E-state index contributed by atoms with van der Waals surface area (Å²) in [6, 6.07) is 13.6. The van der Waals surface area contributed by atoms with Crippen LogP contribution in [0.1, 0.15) is 39.9 Å². The highest BCUT2D eigenvalue weighted by atomic mass is 16.5. The van der Waals surface area contributed by atoms with Gasteiger partial charge in [-0.15, -0.1) is 0 Å². The third-order valence-electron chi connectivity index (χ3n) is 5.11. The highest BCUT2D eigenvalue weighted by Crippen LogP contribution is 2.41. The number of ether oxygens (including phenoxy) is 1. The fraction of sp³-hybridized carbons (Fsp3) is 0.286. The summed E-state index contributed by atoms with van der Waals surface area (Å²) in [5.74, 6) is -0.265. The van der Waals surface area contributed by atoms with E-state index in [4.69, 9.17) is 4.74 Å². The molecule has 1 N–H and O–H groups in total. The van der Waals surface area contributed by atoms with Crippen molar-refractivity contribution < 1.29 is 14.6 Å². The van der Waals surface area contributed by atoms with Gasteiger partial charge in [-0.2, -0.15) is 0 Å². The average molecular weight is 335 g/mol. The number of likely N-dealkylation sites (tertiary alicyclic amines) is 1. The van der Waals surface area contributed by atoms with Gasteiger partial charge in [0, 0.05) is 18.7 Å². The molecule has 25 heavy (non-hydrogen) atoms. The van der Waals surface area contributed by atoms with E-state index in [9.17, 15) is 9.90 Å². The van der Waals surface area contributed by atoms with Gasteiger partial charge in [0.15, 0.2) is 0 Å². The standard InChI is InChI=1S/C21H21NO3/c1-22-10-8-14(9-11-22)20-17-5-3-2-4-16(17)13-25-19-12-15(21(23)24)6-7-18(19)20/h2-7,12H,8-11,13H2,1H3,(H,23,24). The van der Waals surface area contributed by atoms with E-state index in [1.54, 1.807) is 12.1 Å². The fourth-order valence-electron chi connectivity index (χ4n) is 3.69. The Morgan fingerprint density at radius 3 is 2.60 bits per heavy atom. The number of fused-ring (bicyclic) bond motifs is 2. The Labute approximate surface area is 147 Å². The first-order valence-electron chi connectivity index (χ1n) is 8.63. The van der Waals surface area contributed by atoms with Crippen LogP contribution in [0.25, 0.3) is 5.57 Å². The van der Waals surface area contributed by atoms with Crippen molar-refractivity contribution in [2.24, 2.45) is 0 Å². The second-order valence-electron chi connectivity index (χ2n) is 6.74. The molecule has 0 aliphatic carbocycles. The quantitative estimate of drug-likeness (QED) is 0.861. The molecular weight excluding hydrogens is 314 g/mol. The molecule has 0 aromatic heterocycles. The van der Waals surface area contributed by atoms with E-state index in [0.717, 1.165) is 37.1 Å². The molecule has 0 unspecified atom stereocenters. The normalized spacial score (nSPS) is 17.3. The Balaban J connectivity index is 1.92. The van der Waals surface area contributed by atoms with Gasteiger partial charge in [-0.3, -0.25) is 0 Å². The molecule has 2 aromatic rings. The lowest BCUT2D eigenvalue weighted by atomic mass is 9.86. The molecule has 0 amide bonds. The minimum Gasteiger partial charge on any atom is -0.488 e. The van der Waals surface area contributed by atoms with Gasteiger partial charge in [0.2, 0.25) is 0 Å². The minimum absolute atomic E-state index is 0.262. The van der Waals surface area contributed by atoms with E-state index in [2.05, 4.69) is 30.1 Å². The van der Waals surface area contributed by atoms with Crippen molar-refractivity contribution in [1.29, 1.82) is 0 Å². The highest BCUT2D eigenvalue weighted by Gasteiger charge is 2.24. The Morgan fingerprint density at radius 1 is 1.08 bits per heavy atom. The van der Waals surface area contributed by atoms with Gasteiger partial charge in [0.1, 0.15) is 12.4 Å². The van der Waals surface area contributed by atoms with Gasteiger partial charge in [-0.05, 0) is 54.8 Å². The summed E-state index contributed by atoms with van der Waals surface area (Å²) in [6.07, 6.45) is 2.06. The molecule has 4 heteroatoms. The van der Waals surface area contributed by atoms with Crippen molar-refractivity contribution in [2.75, 3.05) is 20.1 Å². The molecule has 0 atom stereocenters. The average Bonchev–Trinajstić information content (AvgIpc) is 2.79. The molecular formula is C21H21NO3. The third-order valence-corrected chi connectivity index (χ3v) is 5.11. The first-order valence-corrected chi connectivity index (χ1v) is 8.63. The zero-order chi connectivity index (χ0) is 17.4. The smallest absolute Gasteiger partial charge is 0.335 e. The monoisotopic (exact) mass is 335 g/mol. The number of carboxylic acids is 1. The van der Waals surface area contributed by atoms with E-state index in [1.165, 1.54) is 16.7 Å². The number of piperidine rings is 1. The van der Waals surface area contributed by atoms with Crippen molar-refractivity contribution in [2.45, 2.75) is 19.4 Å². The van der Waals surface area contributed by atoms with E-state index in [1.807, 2.05) is 12.1 Å². The molecule has 0 spiro atoms. The van der Waals surface area contributed by atoms with Crippen LogP contribution in [-0.4, -0.2) is 36.1 Å². The lowest BCUT2D eigenvalue weighted by Gasteiger charge is -2.27. The fourth-order valence-corrected chi connectivity index (χ4v) is 3.69. The number of hydrogen-bond donors (Lipinski definition) is 1. The van der Waals surface area contributed by atoms with Gasteiger partial charge < -0.3 is 14.7 Å². The lowest BCUT2D eigenvalue weighted by molar-refractivity contribution is 0.0696. The molecule has 0 saturated carbocycles. The maximum Gasteiger partial charge on any atom is 0.335 e. The van der Waals surface area contributed by atoms with Crippen molar-refractivity contribution in [3.8, 4) is 5.75 Å². The Morgan fingerprint density at radius 2 is 1.84 bits per heavy atom. The zero-order valence-electron chi connectivity index (χ0n) is 14.3. The number of hydrogen-bond acceptors (Lipinski definition) is 3. The summed E-state index contributed by atoms with van der Waals surface area (Å²) in [6.45, 7) is 2.55. The molecule has 0 radical (unpaired) electrons. The zero-order valence-corrected chi connectivity index (χ0v) is 14.3. The number of aromatic carboxylic acids is 1. The first kappa shape index (κ1) is 15.9. The van der Waals surface area contributed by atoms with Gasteiger partial charge in [-0.25, -0.2) is 4.79 Å². The Bertz CT molecular complexity index is 859. The molecule has 2 heterocycles. The predicted molar refractivity (Wildman–Crippen MR) is 96.9 cm³/mol. The highest BCUT2D eigenvalue weighted by molar-refractivity contribution is 5.92. The maximum absolute atomic E-state index is 11.3. The largest absolute Gasteiger partial charge is 0.488 e. The summed E-state index contributed by atoms with van der Waals surface area (Å²) < 4.78 is 6.00. The van der Waals surface area contributed by atoms with Crippen LogP contribution in [0.3, 0.4) is 0 Å². The SMILES string of the molecule is CN1CCC(=C2c3ccccc3COc3cc(C(=O)O)ccc32)CC1. The third kappa shape index (κ3) is 2.94. The van der Waals surface area contributed by atoms with Gasteiger partial charge >= 0.3 is 5.97 Å². The van der Waals surface area contributed by atoms with Gasteiger partial charge in [0.25, 0.3) is 0 Å². The second-order valence-corrected chi connectivity index (χ2v) is 6.74. The van der Waals surface area contributed by atoms with Crippen LogP contribution in [0.15, 0.2) is 48.0 Å². The number of carbonyl (C=O) groups is 1. The number of nitrogens with zero attached hydrogens (tertiary/aromatic N) is 1. The molecule has 4 nitrogen and oxygen atoms in total. The number of benzene rings is 2. The van der Waals surface area contributed by atoms with Crippen molar-refractivity contribution >= 4 is 11.5 Å². The molecule has 128 valence electrons. The van der Waals surface area contributed by atoms with E-state index < -0.39 is 5.97 Å². The lowest BCUT2D eigenvalue weighted by Crippen LogP contribution is -2.27. The molecule has 4 rings (SSSR count). The molecule has 2 aliphatic rings. The molecule has 2 aromatic carbocycles. The van der Waals surface area contributed by atoms with Crippen LogP contribution in [0.4, 0.5) is 0 Å². The molecule has 1 fully saturated rings. The van der Waals surface area contributed by atoms with Crippen LogP contribution >= 0.6 is 0 Å². The second kappa shape index (κ2) is 6.37. The predicted octanol–water partition coefficient (Wildman–Crippen LogP) is 3.80. The first-order chi connectivity index (χ1) is 12.1. The van der Waals surface area contributed by atoms with Gasteiger partial charge in [-0.1, -0.05) is 29.8 Å². The summed E-state index contributed by atoms with van der Waals surface area (Å²) in [7, 11) is 2.15. The van der Waals surface area contributed by atoms with E-state index >= 15 is 0 Å². The van der Waals surface area contributed by atoms with E-state index in [0.29, 0.717) is 12.4 Å². The summed E-state index contributed by atoms with van der Waals surface area (Å²) in [4.78, 5) is 13.7. The minimum atomic E-state index is -0.929. The van der Waals surface area contributed by atoms with Crippen LogP contribution in [-0.2, 0) is 6.61 Å². The summed E-state index contributed by atoms with van der Waals surface area (Å²) in [5, 5.41) is 9.30. The topological polar surface area (TPSA) is 49.8 Å². The van der Waals surface area contributed by atoms with Crippen molar-refractivity contribution in [3.63, 3.8) is 0 Å². The summed E-state index contributed by atoms with van der Waals surface area (Å²) in [5.41, 5.74) is 6.29. The van der Waals surface area contributed by atoms with Gasteiger partial charge in [0.05, 0.1) is 5.56 Å². The van der Waals surface area contributed by atoms with E-state index in [-0.39, 0.29) is 5.56 Å². The Kier molecular flexibility index (Phi) is 4.06. The summed E-state index contributed by atoms with van der Waals surface area (Å²) >= 11 is 0. The molecule has 0 bridgehead atoms. The van der Waals surface area contributed by atoms with Crippen molar-refractivity contribution in [1.82, 2.24) is 4.90 Å². The maximum atomic E-state index is 11.3. The van der Waals surface area contributed by atoms with Crippen LogP contribution in [0.5, 0.6) is 5.75 Å². The van der Waals surface area contributed by atoms with Crippen LogP contribution in [0.2, 0.25) is 0 Å². The van der Waals surface area contributed by atoms with Crippen LogP contribution in [0, 0.1) is 0 Å². The van der Waals surface area contributed by atoms with Crippen molar-refractivity contribution in [3.05, 3.63) is 70.3 Å². The number of carboxylic acid groups (broad SMARTS) is 1. The van der Waals surface area contributed by atoms with Crippen LogP contribution < -0.4 is 4.74 Å².